The van der Waals surface area contributed by atoms with Gasteiger partial charge in [-0.15, -0.1) is 0 Å². The summed E-state index contributed by atoms with van der Waals surface area (Å²) in [7, 11) is 3.12. The van der Waals surface area contributed by atoms with Gasteiger partial charge >= 0.3 is 0 Å². The molecule has 0 saturated carbocycles. The van der Waals surface area contributed by atoms with Crippen LogP contribution in [0.4, 0.5) is 0 Å². The lowest BCUT2D eigenvalue weighted by atomic mass is 10.1. The minimum absolute atomic E-state index is 0.225. The number of hydrogen-bond acceptors (Lipinski definition) is 6. The summed E-state index contributed by atoms with van der Waals surface area (Å²) in [5, 5.41) is 10.6. The summed E-state index contributed by atoms with van der Waals surface area (Å²) in [6.07, 6.45) is 3.59. The fourth-order valence-corrected chi connectivity index (χ4v) is 3.27. The van der Waals surface area contributed by atoms with E-state index in [1.807, 2.05) is 6.07 Å². The number of hydrogen-bond donors (Lipinski definition) is 2. The first-order valence-electron chi connectivity index (χ1n) is 8.24. The maximum Gasteiger partial charge on any atom is 0.258 e. The minimum atomic E-state index is -0.319. The molecule has 25 heavy (non-hydrogen) atoms. The molecule has 0 radical (unpaired) electrons. The number of methoxy groups -OCH3 is 2. The number of aromatic amines is 1. The summed E-state index contributed by atoms with van der Waals surface area (Å²) in [4.78, 5) is 19.2. The highest BCUT2D eigenvalue weighted by Gasteiger charge is 2.13. The van der Waals surface area contributed by atoms with Gasteiger partial charge in [-0.05, 0) is 24.1 Å². The molecule has 0 amide bonds. The number of aromatic hydroxyl groups is 1. The van der Waals surface area contributed by atoms with E-state index in [2.05, 4.69) is 16.9 Å². The smallest absolute Gasteiger partial charge is 0.258 e. The van der Waals surface area contributed by atoms with Crippen LogP contribution in [0, 0.1) is 0 Å². The van der Waals surface area contributed by atoms with Crippen LogP contribution in [0.2, 0.25) is 0 Å². The number of aromatic nitrogens is 2. The monoisotopic (exact) mass is 364 g/mol. The molecule has 2 N–H and O–H groups in total. The Balaban J connectivity index is 2.16. The van der Waals surface area contributed by atoms with Crippen LogP contribution in [-0.2, 0) is 6.42 Å². The molecule has 0 aliphatic rings. The highest BCUT2D eigenvalue weighted by atomic mass is 32.2. The highest BCUT2D eigenvalue weighted by molar-refractivity contribution is 7.99. The van der Waals surface area contributed by atoms with Gasteiger partial charge in [0.25, 0.3) is 5.56 Å². The Morgan fingerprint density at radius 3 is 2.60 bits per heavy atom. The molecule has 0 unspecified atom stereocenters. The largest absolute Gasteiger partial charge is 0.493 e. The zero-order valence-corrected chi connectivity index (χ0v) is 15.6. The van der Waals surface area contributed by atoms with Crippen molar-refractivity contribution in [1.29, 1.82) is 0 Å². The Kier molecular flexibility index (Phi) is 7.18. The summed E-state index contributed by atoms with van der Waals surface area (Å²) in [5.74, 6) is 1.83. The molecule has 0 atom stereocenters. The fraction of sp³-hybridized carbons (Fsp3) is 0.444. The molecular formula is C18H24N2O4S. The van der Waals surface area contributed by atoms with Crippen LogP contribution in [0.5, 0.6) is 17.4 Å². The van der Waals surface area contributed by atoms with Crippen molar-refractivity contribution in [2.24, 2.45) is 0 Å². The topological polar surface area (TPSA) is 84.4 Å². The Bertz CT molecular complexity index is 761. The standard InChI is InChI=1S/C18H24N2O4S/c1-4-5-6-9-25-18-19-16(21)13(17(22)20-18)10-12-7-8-14(23-2)15(11-12)24-3/h7-8,11H,4-6,9-10H2,1-3H3,(H2,19,20,21,22). The van der Waals surface area contributed by atoms with Gasteiger partial charge in [0, 0.05) is 12.2 Å². The van der Waals surface area contributed by atoms with E-state index >= 15 is 0 Å². The third kappa shape index (κ3) is 5.16. The lowest BCUT2D eigenvalue weighted by molar-refractivity contribution is 0.354. The number of benzene rings is 1. The van der Waals surface area contributed by atoms with E-state index in [0.29, 0.717) is 16.7 Å². The summed E-state index contributed by atoms with van der Waals surface area (Å²) < 4.78 is 10.5. The molecule has 0 aliphatic carbocycles. The van der Waals surface area contributed by atoms with Crippen LogP contribution < -0.4 is 15.0 Å². The van der Waals surface area contributed by atoms with Gasteiger partial charge in [0.05, 0.1) is 19.8 Å². The summed E-state index contributed by atoms with van der Waals surface area (Å²) in [6.45, 7) is 2.14. The van der Waals surface area contributed by atoms with Crippen LogP contribution >= 0.6 is 11.8 Å². The molecule has 0 spiro atoms. The van der Waals surface area contributed by atoms with Gasteiger partial charge in [-0.3, -0.25) is 4.79 Å². The summed E-state index contributed by atoms with van der Waals surface area (Å²) in [6, 6.07) is 5.38. The van der Waals surface area contributed by atoms with E-state index < -0.39 is 0 Å². The van der Waals surface area contributed by atoms with Crippen LogP contribution in [0.1, 0.15) is 37.3 Å². The van der Waals surface area contributed by atoms with Gasteiger partial charge in [-0.25, -0.2) is 0 Å². The third-order valence-corrected chi connectivity index (χ3v) is 4.75. The van der Waals surface area contributed by atoms with Gasteiger partial charge < -0.3 is 19.6 Å². The van der Waals surface area contributed by atoms with E-state index in [1.165, 1.54) is 11.8 Å². The summed E-state index contributed by atoms with van der Waals surface area (Å²) >= 11 is 1.45. The van der Waals surface area contributed by atoms with Crippen LogP contribution in [0.15, 0.2) is 28.2 Å². The second-order valence-electron chi connectivity index (χ2n) is 5.59. The van der Waals surface area contributed by atoms with Crippen molar-refractivity contribution in [3.8, 4) is 17.4 Å². The lowest BCUT2D eigenvalue weighted by Crippen LogP contribution is -2.15. The number of thioether (sulfide) groups is 1. The zero-order valence-electron chi connectivity index (χ0n) is 14.8. The normalized spacial score (nSPS) is 10.7. The van der Waals surface area contributed by atoms with E-state index in [-0.39, 0.29) is 23.4 Å². The van der Waals surface area contributed by atoms with Crippen molar-refractivity contribution in [2.75, 3.05) is 20.0 Å². The van der Waals surface area contributed by atoms with Crippen LogP contribution in [0.25, 0.3) is 0 Å². The van der Waals surface area contributed by atoms with Crippen molar-refractivity contribution < 1.29 is 14.6 Å². The van der Waals surface area contributed by atoms with Crippen LogP contribution in [-0.4, -0.2) is 35.0 Å². The molecule has 0 saturated heterocycles. The van der Waals surface area contributed by atoms with Crippen LogP contribution in [0.3, 0.4) is 0 Å². The average molecular weight is 364 g/mol. The predicted octanol–water partition coefficient (Wildman–Crippen LogP) is 3.37. The van der Waals surface area contributed by atoms with Gasteiger partial charge in [0.1, 0.15) is 0 Å². The SMILES string of the molecule is CCCCCSc1nc(O)c(Cc2ccc(OC)c(OC)c2)c(=O)[nH]1. The van der Waals surface area contributed by atoms with Crippen molar-refractivity contribution >= 4 is 11.8 Å². The first-order valence-corrected chi connectivity index (χ1v) is 9.23. The molecule has 1 aromatic heterocycles. The number of ether oxygens (including phenoxy) is 2. The Morgan fingerprint density at radius 2 is 1.96 bits per heavy atom. The second-order valence-corrected chi connectivity index (χ2v) is 6.68. The van der Waals surface area contributed by atoms with E-state index in [0.717, 1.165) is 30.6 Å². The molecule has 7 heteroatoms. The molecular weight excluding hydrogens is 340 g/mol. The summed E-state index contributed by atoms with van der Waals surface area (Å²) in [5.41, 5.74) is 0.744. The van der Waals surface area contributed by atoms with Gasteiger partial charge in [0.2, 0.25) is 5.88 Å². The average Bonchev–Trinajstić information content (AvgIpc) is 2.61. The molecule has 1 heterocycles. The van der Waals surface area contributed by atoms with E-state index in [4.69, 9.17) is 9.47 Å². The molecule has 0 aliphatic heterocycles. The number of nitrogens with one attached hydrogen (secondary N) is 1. The van der Waals surface area contributed by atoms with Crippen molar-refractivity contribution in [2.45, 2.75) is 37.8 Å². The quantitative estimate of drug-likeness (QED) is 0.403. The predicted molar refractivity (Wildman–Crippen MR) is 99.1 cm³/mol. The zero-order chi connectivity index (χ0) is 18.2. The van der Waals surface area contributed by atoms with Crippen molar-refractivity contribution in [1.82, 2.24) is 9.97 Å². The minimum Gasteiger partial charge on any atom is -0.493 e. The van der Waals surface area contributed by atoms with E-state index in [1.54, 1.807) is 26.4 Å². The highest BCUT2D eigenvalue weighted by Crippen LogP contribution is 2.29. The molecule has 0 bridgehead atoms. The first-order chi connectivity index (χ1) is 12.1. The van der Waals surface area contributed by atoms with Gasteiger partial charge in [-0.1, -0.05) is 37.6 Å². The number of unbranched alkanes of at least 4 members (excludes halogenated alkanes) is 2. The maximum absolute atomic E-state index is 12.3. The molecule has 1 aromatic carbocycles. The molecule has 136 valence electrons. The molecule has 2 aromatic rings. The Labute approximate surface area is 151 Å². The fourth-order valence-electron chi connectivity index (χ4n) is 2.41. The van der Waals surface area contributed by atoms with Crippen molar-refractivity contribution in [3.63, 3.8) is 0 Å². The number of H-pyrrole nitrogens is 1. The first kappa shape index (κ1) is 19.2. The number of nitrogens with zero attached hydrogens (tertiary/aromatic N) is 1. The van der Waals surface area contributed by atoms with Crippen molar-refractivity contribution in [3.05, 3.63) is 39.7 Å². The third-order valence-electron chi connectivity index (χ3n) is 3.79. The second kappa shape index (κ2) is 9.36. The number of rotatable bonds is 9. The molecule has 6 nitrogen and oxygen atoms in total. The molecule has 0 fully saturated rings. The van der Waals surface area contributed by atoms with Gasteiger partial charge in [0.15, 0.2) is 16.7 Å². The lowest BCUT2D eigenvalue weighted by Gasteiger charge is -2.10. The van der Waals surface area contributed by atoms with E-state index in [9.17, 15) is 9.90 Å². The van der Waals surface area contributed by atoms with Gasteiger partial charge in [-0.2, -0.15) is 4.98 Å². The maximum atomic E-state index is 12.3. The Morgan fingerprint density at radius 1 is 1.20 bits per heavy atom. The Hall–Kier alpha value is -2.15. The molecule has 2 rings (SSSR count).